The molecule has 1 unspecified atom stereocenters. The van der Waals surface area contributed by atoms with Crippen LogP contribution >= 0.6 is 11.3 Å². The van der Waals surface area contributed by atoms with Crippen LogP contribution in [0.1, 0.15) is 39.4 Å². The van der Waals surface area contributed by atoms with E-state index in [1.54, 1.807) is 7.11 Å². The molecule has 0 aliphatic carbocycles. The molecule has 0 bridgehead atoms. The number of methoxy groups -OCH3 is 1. The number of hydrogen-bond acceptors (Lipinski definition) is 3. The second-order valence-electron chi connectivity index (χ2n) is 5.11. The van der Waals surface area contributed by atoms with E-state index >= 15 is 0 Å². The molecule has 3 heteroatoms. The average Bonchev–Trinajstić information content (AvgIpc) is 2.75. The highest BCUT2D eigenvalue weighted by molar-refractivity contribution is 7.12. The SMILES string of the molecule is CCNC(c1ccc(OC)c(C)c1)c1cc(C)c(C)s1. The largest absolute Gasteiger partial charge is 0.496 e. The van der Waals surface area contributed by atoms with Gasteiger partial charge in [-0.15, -0.1) is 11.3 Å². The second-order valence-corrected chi connectivity index (χ2v) is 6.40. The lowest BCUT2D eigenvalue weighted by Gasteiger charge is -2.18. The van der Waals surface area contributed by atoms with Gasteiger partial charge >= 0.3 is 0 Å². The standard InChI is InChI=1S/C17H23NOS/c1-6-18-17(16-10-11(2)13(4)20-16)14-7-8-15(19-5)12(3)9-14/h7-10,17-18H,6H2,1-5H3. The van der Waals surface area contributed by atoms with Crippen molar-refractivity contribution in [1.82, 2.24) is 5.32 Å². The fourth-order valence-corrected chi connectivity index (χ4v) is 3.56. The molecule has 1 aromatic heterocycles. The fourth-order valence-electron chi connectivity index (χ4n) is 2.41. The lowest BCUT2D eigenvalue weighted by molar-refractivity contribution is 0.411. The Hall–Kier alpha value is -1.32. The van der Waals surface area contributed by atoms with E-state index in [0.29, 0.717) is 0 Å². The van der Waals surface area contributed by atoms with Gasteiger partial charge in [0.05, 0.1) is 13.2 Å². The van der Waals surface area contributed by atoms with Crippen molar-refractivity contribution >= 4 is 11.3 Å². The molecule has 108 valence electrons. The Labute approximate surface area is 125 Å². The number of aryl methyl sites for hydroxylation is 3. The fraction of sp³-hybridized carbons (Fsp3) is 0.412. The van der Waals surface area contributed by atoms with Crippen LogP contribution in [0.3, 0.4) is 0 Å². The van der Waals surface area contributed by atoms with Crippen LogP contribution < -0.4 is 10.1 Å². The summed E-state index contributed by atoms with van der Waals surface area (Å²) in [6.07, 6.45) is 0. The van der Waals surface area contributed by atoms with Crippen molar-refractivity contribution in [3.05, 3.63) is 50.7 Å². The Balaban J connectivity index is 2.40. The number of thiophene rings is 1. The monoisotopic (exact) mass is 289 g/mol. The molecule has 0 amide bonds. The molecule has 1 N–H and O–H groups in total. The molecule has 20 heavy (non-hydrogen) atoms. The smallest absolute Gasteiger partial charge is 0.121 e. The van der Waals surface area contributed by atoms with E-state index in [9.17, 15) is 0 Å². The van der Waals surface area contributed by atoms with E-state index in [4.69, 9.17) is 4.74 Å². The molecule has 0 radical (unpaired) electrons. The summed E-state index contributed by atoms with van der Waals surface area (Å²) in [7, 11) is 1.72. The van der Waals surface area contributed by atoms with Crippen molar-refractivity contribution < 1.29 is 4.74 Å². The van der Waals surface area contributed by atoms with Gasteiger partial charge in [0.15, 0.2) is 0 Å². The third kappa shape index (κ3) is 3.05. The quantitative estimate of drug-likeness (QED) is 0.882. The Morgan fingerprint density at radius 1 is 1.15 bits per heavy atom. The lowest BCUT2D eigenvalue weighted by Crippen LogP contribution is -2.21. The summed E-state index contributed by atoms with van der Waals surface area (Å²) in [4.78, 5) is 2.78. The second kappa shape index (κ2) is 6.42. The molecule has 0 fully saturated rings. The molecular weight excluding hydrogens is 266 g/mol. The van der Waals surface area contributed by atoms with Crippen LogP contribution in [0.5, 0.6) is 5.75 Å². The van der Waals surface area contributed by atoms with Crippen LogP contribution in [0.2, 0.25) is 0 Å². The maximum Gasteiger partial charge on any atom is 0.121 e. The van der Waals surface area contributed by atoms with Crippen molar-refractivity contribution in [3.8, 4) is 5.75 Å². The summed E-state index contributed by atoms with van der Waals surface area (Å²) >= 11 is 1.88. The number of nitrogens with one attached hydrogen (secondary N) is 1. The van der Waals surface area contributed by atoms with Crippen molar-refractivity contribution in [2.24, 2.45) is 0 Å². The predicted molar refractivity (Wildman–Crippen MR) is 87.0 cm³/mol. The Bertz CT molecular complexity index is 569. The van der Waals surface area contributed by atoms with Crippen LogP contribution in [-0.4, -0.2) is 13.7 Å². The molecule has 0 saturated carbocycles. The topological polar surface area (TPSA) is 21.3 Å². The van der Waals surface area contributed by atoms with Crippen molar-refractivity contribution in [1.29, 1.82) is 0 Å². The lowest BCUT2D eigenvalue weighted by atomic mass is 10.0. The molecule has 2 aromatic rings. The summed E-state index contributed by atoms with van der Waals surface area (Å²) in [5, 5.41) is 3.59. The first-order valence-electron chi connectivity index (χ1n) is 7.01. The van der Waals surface area contributed by atoms with Gasteiger partial charge in [-0.25, -0.2) is 0 Å². The normalized spacial score (nSPS) is 12.4. The number of ether oxygens (including phenoxy) is 1. The highest BCUT2D eigenvalue weighted by Gasteiger charge is 2.17. The highest BCUT2D eigenvalue weighted by atomic mass is 32.1. The van der Waals surface area contributed by atoms with Gasteiger partial charge in [-0.3, -0.25) is 0 Å². The Morgan fingerprint density at radius 2 is 1.90 bits per heavy atom. The molecule has 2 nitrogen and oxygen atoms in total. The molecule has 0 saturated heterocycles. The number of benzene rings is 1. The zero-order valence-electron chi connectivity index (χ0n) is 12.9. The van der Waals surface area contributed by atoms with E-state index in [2.05, 4.69) is 57.3 Å². The molecular formula is C17H23NOS. The summed E-state index contributed by atoms with van der Waals surface area (Å²) < 4.78 is 5.35. The zero-order valence-corrected chi connectivity index (χ0v) is 13.7. The van der Waals surface area contributed by atoms with Crippen molar-refractivity contribution in [3.63, 3.8) is 0 Å². The van der Waals surface area contributed by atoms with E-state index in [1.807, 2.05) is 11.3 Å². The van der Waals surface area contributed by atoms with Crippen LogP contribution in [0.4, 0.5) is 0 Å². The minimum Gasteiger partial charge on any atom is -0.496 e. The maximum absolute atomic E-state index is 5.35. The minimum atomic E-state index is 0.266. The summed E-state index contributed by atoms with van der Waals surface area (Å²) in [5.41, 5.74) is 3.85. The van der Waals surface area contributed by atoms with Gasteiger partial charge in [-0.1, -0.05) is 19.1 Å². The summed E-state index contributed by atoms with van der Waals surface area (Å²) in [6, 6.07) is 9.00. The first-order chi connectivity index (χ1) is 9.56. The maximum atomic E-state index is 5.35. The average molecular weight is 289 g/mol. The van der Waals surface area contributed by atoms with E-state index in [1.165, 1.54) is 26.4 Å². The van der Waals surface area contributed by atoms with Crippen LogP contribution in [-0.2, 0) is 0 Å². The Kier molecular flexibility index (Phi) is 4.84. The van der Waals surface area contributed by atoms with Gasteiger partial charge in [0.25, 0.3) is 0 Å². The van der Waals surface area contributed by atoms with Gasteiger partial charge < -0.3 is 10.1 Å². The van der Waals surface area contributed by atoms with Gasteiger partial charge in [-0.05, 0) is 56.1 Å². The third-order valence-electron chi connectivity index (χ3n) is 3.63. The van der Waals surface area contributed by atoms with Gasteiger partial charge in [0.1, 0.15) is 5.75 Å². The van der Waals surface area contributed by atoms with Crippen molar-refractivity contribution in [2.45, 2.75) is 33.7 Å². The van der Waals surface area contributed by atoms with Crippen LogP contribution in [0.15, 0.2) is 24.3 Å². The highest BCUT2D eigenvalue weighted by Crippen LogP contribution is 2.32. The molecule has 0 aliphatic heterocycles. The van der Waals surface area contributed by atoms with E-state index < -0.39 is 0 Å². The summed E-state index contributed by atoms with van der Waals surface area (Å²) in [5.74, 6) is 0.947. The number of rotatable bonds is 5. The molecule has 0 aliphatic rings. The molecule has 0 spiro atoms. The molecule has 1 atom stereocenters. The molecule has 1 heterocycles. The van der Waals surface area contributed by atoms with Crippen LogP contribution in [0.25, 0.3) is 0 Å². The van der Waals surface area contributed by atoms with Crippen molar-refractivity contribution in [2.75, 3.05) is 13.7 Å². The van der Waals surface area contributed by atoms with Gasteiger partial charge in [0.2, 0.25) is 0 Å². The Morgan fingerprint density at radius 3 is 2.40 bits per heavy atom. The van der Waals surface area contributed by atoms with Crippen LogP contribution in [0, 0.1) is 20.8 Å². The molecule has 1 aromatic carbocycles. The van der Waals surface area contributed by atoms with Gasteiger partial charge in [-0.2, -0.15) is 0 Å². The van der Waals surface area contributed by atoms with E-state index in [-0.39, 0.29) is 6.04 Å². The number of hydrogen-bond donors (Lipinski definition) is 1. The van der Waals surface area contributed by atoms with E-state index in [0.717, 1.165) is 12.3 Å². The molecule has 2 rings (SSSR count). The first-order valence-corrected chi connectivity index (χ1v) is 7.83. The van der Waals surface area contributed by atoms with Gasteiger partial charge in [0, 0.05) is 9.75 Å². The minimum absolute atomic E-state index is 0.266. The third-order valence-corrected chi connectivity index (χ3v) is 4.85. The zero-order chi connectivity index (χ0) is 14.7. The predicted octanol–water partition coefficient (Wildman–Crippen LogP) is 4.38. The first kappa shape index (κ1) is 15.1. The summed E-state index contributed by atoms with van der Waals surface area (Å²) in [6.45, 7) is 9.56.